The molecule has 1 aliphatic heterocycles. The maximum atomic E-state index is 12.2. The number of hydrogen-bond acceptors (Lipinski definition) is 5. The van der Waals surface area contributed by atoms with Crippen molar-refractivity contribution in [3.63, 3.8) is 0 Å². The lowest BCUT2D eigenvalue weighted by Gasteiger charge is -2.26. The molecule has 2 rings (SSSR count). The van der Waals surface area contributed by atoms with Gasteiger partial charge in [0.1, 0.15) is 5.82 Å². The number of morpholine rings is 1. The fraction of sp³-hybridized carbons (Fsp3) is 0.643. The minimum atomic E-state index is -0.0896. The summed E-state index contributed by atoms with van der Waals surface area (Å²) in [5.41, 5.74) is 2.07. The summed E-state index contributed by atoms with van der Waals surface area (Å²) in [4.78, 5) is 23.0. The molecular weight excluding hydrogens is 256 g/mol. The molecule has 0 radical (unpaired) electrons. The largest absolute Gasteiger partial charge is 0.379 e. The summed E-state index contributed by atoms with van der Waals surface area (Å²) in [7, 11) is 0. The SMILES string of the molecule is Cc1nc(C)c(C(=O)NCCN2CCOCC2)c(C)n1. The van der Waals surface area contributed by atoms with Crippen molar-refractivity contribution in [2.24, 2.45) is 0 Å². The number of nitrogens with one attached hydrogen (secondary N) is 1. The molecule has 0 atom stereocenters. The second kappa shape index (κ2) is 6.76. The smallest absolute Gasteiger partial charge is 0.255 e. The zero-order valence-electron chi connectivity index (χ0n) is 12.4. The van der Waals surface area contributed by atoms with Crippen LogP contribution in [0.1, 0.15) is 27.6 Å². The van der Waals surface area contributed by atoms with Gasteiger partial charge in [-0.25, -0.2) is 9.97 Å². The van der Waals surface area contributed by atoms with Crippen molar-refractivity contribution in [2.75, 3.05) is 39.4 Å². The van der Waals surface area contributed by atoms with Gasteiger partial charge in [0, 0.05) is 26.2 Å². The number of carbonyl (C=O) groups is 1. The minimum Gasteiger partial charge on any atom is -0.379 e. The van der Waals surface area contributed by atoms with E-state index in [9.17, 15) is 4.79 Å². The highest BCUT2D eigenvalue weighted by Crippen LogP contribution is 2.09. The van der Waals surface area contributed by atoms with Gasteiger partial charge < -0.3 is 10.1 Å². The molecule has 110 valence electrons. The average Bonchev–Trinajstić information content (AvgIpc) is 2.38. The minimum absolute atomic E-state index is 0.0896. The van der Waals surface area contributed by atoms with E-state index < -0.39 is 0 Å². The molecule has 0 bridgehead atoms. The van der Waals surface area contributed by atoms with E-state index in [0.717, 1.165) is 44.2 Å². The molecule has 1 aromatic heterocycles. The summed E-state index contributed by atoms with van der Waals surface area (Å²) in [5.74, 6) is 0.609. The number of amides is 1. The van der Waals surface area contributed by atoms with E-state index in [4.69, 9.17) is 4.74 Å². The van der Waals surface area contributed by atoms with Gasteiger partial charge in [0.15, 0.2) is 0 Å². The van der Waals surface area contributed by atoms with Crippen LogP contribution in [0.25, 0.3) is 0 Å². The van der Waals surface area contributed by atoms with Crippen molar-refractivity contribution in [3.05, 3.63) is 22.8 Å². The molecule has 1 aromatic rings. The monoisotopic (exact) mass is 278 g/mol. The molecule has 1 saturated heterocycles. The lowest BCUT2D eigenvalue weighted by atomic mass is 10.1. The lowest BCUT2D eigenvalue weighted by Crippen LogP contribution is -2.41. The van der Waals surface area contributed by atoms with Crippen LogP contribution in [0.2, 0.25) is 0 Å². The van der Waals surface area contributed by atoms with Crippen molar-refractivity contribution < 1.29 is 9.53 Å². The lowest BCUT2D eigenvalue weighted by molar-refractivity contribution is 0.0383. The second-order valence-corrected chi connectivity index (χ2v) is 5.03. The van der Waals surface area contributed by atoms with E-state index in [0.29, 0.717) is 17.9 Å². The van der Waals surface area contributed by atoms with Crippen LogP contribution in [0, 0.1) is 20.8 Å². The molecule has 1 fully saturated rings. The fourth-order valence-electron chi connectivity index (χ4n) is 2.45. The number of hydrogen-bond donors (Lipinski definition) is 1. The molecule has 0 unspecified atom stereocenters. The topological polar surface area (TPSA) is 67.4 Å². The van der Waals surface area contributed by atoms with E-state index >= 15 is 0 Å². The molecule has 0 aliphatic carbocycles. The Morgan fingerprint density at radius 3 is 2.40 bits per heavy atom. The van der Waals surface area contributed by atoms with Gasteiger partial charge in [-0.05, 0) is 20.8 Å². The normalized spacial score (nSPS) is 16.1. The molecule has 0 spiro atoms. The maximum absolute atomic E-state index is 12.2. The second-order valence-electron chi connectivity index (χ2n) is 5.03. The Labute approximate surface area is 119 Å². The van der Waals surface area contributed by atoms with Crippen molar-refractivity contribution in [1.82, 2.24) is 20.2 Å². The van der Waals surface area contributed by atoms with Crippen molar-refractivity contribution >= 4 is 5.91 Å². The van der Waals surface area contributed by atoms with Crippen LogP contribution in [-0.4, -0.2) is 60.2 Å². The van der Waals surface area contributed by atoms with Gasteiger partial charge in [-0.3, -0.25) is 9.69 Å². The quantitative estimate of drug-likeness (QED) is 0.867. The van der Waals surface area contributed by atoms with E-state index in [1.54, 1.807) is 0 Å². The van der Waals surface area contributed by atoms with Crippen LogP contribution in [0.5, 0.6) is 0 Å². The van der Waals surface area contributed by atoms with Crippen LogP contribution in [-0.2, 0) is 4.74 Å². The molecule has 1 N–H and O–H groups in total. The third-order valence-electron chi connectivity index (χ3n) is 3.43. The van der Waals surface area contributed by atoms with E-state index in [1.807, 2.05) is 20.8 Å². The third-order valence-corrected chi connectivity index (χ3v) is 3.43. The molecule has 2 heterocycles. The number of aryl methyl sites for hydroxylation is 3. The van der Waals surface area contributed by atoms with Gasteiger partial charge in [-0.2, -0.15) is 0 Å². The van der Waals surface area contributed by atoms with Crippen molar-refractivity contribution in [1.29, 1.82) is 0 Å². The summed E-state index contributed by atoms with van der Waals surface area (Å²) in [5, 5.41) is 2.95. The number of carbonyl (C=O) groups excluding carboxylic acids is 1. The predicted octanol–water partition coefficient (Wildman–Crippen LogP) is 0.464. The highest BCUT2D eigenvalue weighted by Gasteiger charge is 2.15. The summed E-state index contributed by atoms with van der Waals surface area (Å²) in [6.07, 6.45) is 0. The Bertz CT molecular complexity index is 461. The highest BCUT2D eigenvalue weighted by molar-refractivity contribution is 5.96. The first-order chi connectivity index (χ1) is 9.58. The van der Waals surface area contributed by atoms with Gasteiger partial charge in [0.2, 0.25) is 0 Å². The predicted molar refractivity (Wildman–Crippen MR) is 75.8 cm³/mol. The van der Waals surface area contributed by atoms with Gasteiger partial charge >= 0.3 is 0 Å². The first kappa shape index (κ1) is 14.9. The molecule has 1 aliphatic rings. The third kappa shape index (κ3) is 3.74. The Morgan fingerprint density at radius 1 is 1.20 bits per heavy atom. The maximum Gasteiger partial charge on any atom is 0.255 e. The molecule has 0 aromatic carbocycles. The number of rotatable bonds is 4. The first-order valence-corrected chi connectivity index (χ1v) is 6.98. The molecular formula is C14H22N4O2. The van der Waals surface area contributed by atoms with E-state index in [-0.39, 0.29) is 5.91 Å². The van der Waals surface area contributed by atoms with Crippen LogP contribution in [0.15, 0.2) is 0 Å². The van der Waals surface area contributed by atoms with Crippen molar-refractivity contribution in [2.45, 2.75) is 20.8 Å². The molecule has 6 heteroatoms. The van der Waals surface area contributed by atoms with E-state index in [1.165, 1.54) is 0 Å². The number of ether oxygens (including phenoxy) is 1. The summed E-state index contributed by atoms with van der Waals surface area (Å²) >= 11 is 0. The Hall–Kier alpha value is -1.53. The Balaban J connectivity index is 1.88. The van der Waals surface area contributed by atoms with Gasteiger partial charge in [-0.15, -0.1) is 0 Å². The Kier molecular flexibility index (Phi) is 5.03. The van der Waals surface area contributed by atoms with Gasteiger partial charge in [0.25, 0.3) is 5.91 Å². The zero-order chi connectivity index (χ0) is 14.5. The summed E-state index contributed by atoms with van der Waals surface area (Å²) < 4.78 is 5.29. The van der Waals surface area contributed by atoms with Gasteiger partial charge in [-0.1, -0.05) is 0 Å². The number of aromatic nitrogens is 2. The van der Waals surface area contributed by atoms with Crippen molar-refractivity contribution in [3.8, 4) is 0 Å². The summed E-state index contributed by atoms with van der Waals surface area (Å²) in [6.45, 7) is 10.4. The van der Waals surface area contributed by atoms with E-state index in [2.05, 4.69) is 20.2 Å². The fourth-order valence-corrected chi connectivity index (χ4v) is 2.45. The molecule has 6 nitrogen and oxygen atoms in total. The van der Waals surface area contributed by atoms with Crippen LogP contribution in [0.3, 0.4) is 0 Å². The summed E-state index contributed by atoms with van der Waals surface area (Å²) in [6, 6.07) is 0. The molecule has 1 amide bonds. The zero-order valence-corrected chi connectivity index (χ0v) is 12.4. The van der Waals surface area contributed by atoms with Crippen LogP contribution >= 0.6 is 0 Å². The average molecular weight is 278 g/mol. The molecule has 20 heavy (non-hydrogen) atoms. The van der Waals surface area contributed by atoms with Crippen LogP contribution < -0.4 is 5.32 Å². The van der Waals surface area contributed by atoms with Gasteiger partial charge in [0.05, 0.1) is 30.2 Å². The first-order valence-electron chi connectivity index (χ1n) is 6.98. The highest BCUT2D eigenvalue weighted by atomic mass is 16.5. The molecule has 0 saturated carbocycles. The number of nitrogens with zero attached hydrogens (tertiary/aromatic N) is 3. The van der Waals surface area contributed by atoms with Crippen LogP contribution in [0.4, 0.5) is 0 Å². The standard InChI is InChI=1S/C14H22N4O2/c1-10-13(11(2)17-12(3)16-10)14(19)15-4-5-18-6-8-20-9-7-18/h4-9H2,1-3H3,(H,15,19). The Morgan fingerprint density at radius 2 is 1.80 bits per heavy atom.